The monoisotopic (exact) mass is 296 g/mol. The molecule has 1 aromatic heterocycles. The molecule has 2 N–H and O–H groups in total. The highest BCUT2D eigenvalue weighted by Crippen LogP contribution is 2.20. The molecule has 0 saturated heterocycles. The van der Waals surface area contributed by atoms with Gasteiger partial charge in [0.15, 0.2) is 5.75 Å². The summed E-state index contributed by atoms with van der Waals surface area (Å²) in [6, 6.07) is 1.45. The molecule has 1 amide bonds. The van der Waals surface area contributed by atoms with E-state index in [1.165, 1.54) is 12.3 Å². The normalized spacial score (nSPS) is 9.55. The first-order valence-electron chi connectivity index (χ1n) is 6.38. The standard InChI is InChI=1S/C14H17ClN2O3/c1-2-7-16-14(19)20-12-9-13(15)17-10-11(12)6-4-3-5-8-18/h9-10,18H,2-3,5,7-8H2,1H3,(H,16,19). The number of unbranched alkanes of at least 4 members (excludes halogenated alkanes) is 1. The molecule has 0 spiro atoms. The van der Waals surface area contributed by atoms with Gasteiger partial charge >= 0.3 is 6.09 Å². The third-order valence-electron chi connectivity index (χ3n) is 2.24. The Balaban J connectivity index is 2.78. The number of rotatable bonds is 5. The summed E-state index contributed by atoms with van der Waals surface area (Å²) in [5, 5.41) is 11.5. The number of hydrogen-bond donors (Lipinski definition) is 2. The van der Waals surface area contributed by atoms with Gasteiger partial charge in [-0.25, -0.2) is 9.78 Å². The fraction of sp³-hybridized carbons (Fsp3) is 0.429. The molecule has 5 nitrogen and oxygen atoms in total. The van der Waals surface area contributed by atoms with Gasteiger partial charge in [0.1, 0.15) is 5.15 Å². The molecule has 1 rings (SSSR count). The van der Waals surface area contributed by atoms with Crippen LogP contribution < -0.4 is 10.1 Å². The number of ether oxygens (including phenoxy) is 1. The lowest BCUT2D eigenvalue weighted by Gasteiger charge is -2.07. The molecule has 6 heteroatoms. The van der Waals surface area contributed by atoms with E-state index in [0.717, 1.165) is 6.42 Å². The Bertz CT molecular complexity index is 509. The van der Waals surface area contributed by atoms with Crippen LogP contribution in [0, 0.1) is 11.8 Å². The van der Waals surface area contributed by atoms with Crippen molar-refractivity contribution in [2.75, 3.05) is 13.2 Å². The highest BCUT2D eigenvalue weighted by Gasteiger charge is 2.09. The molecular weight excluding hydrogens is 280 g/mol. The minimum atomic E-state index is -0.549. The van der Waals surface area contributed by atoms with E-state index in [2.05, 4.69) is 22.1 Å². The molecule has 0 radical (unpaired) electrons. The smallest absolute Gasteiger partial charge is 0.409 e. The van der Waals surface area contributed by atoms with Crippen LogP contribution in [0.5, 0.6) is 5.75 Å². The van der Waals surface area contributed by atoms with Crippen molar-refractivity contribution >= 4 is 17.7 Å². The Morgan fingerprint density at radius 1 is 1.60 bits per heavy atom. The molecule has 20 heavy (non-hydrogen) atoms. The van der Waals surface area contributed by atoms with Crippen LogP contribution in [-0.2, 0) is 0 Å². The third-order valence-corrected chi connectivity index (χ3v) is 2.44. The Kier molecular flexibility index (Phi) is 7.48. The summed E-state index contributed by atoms with van der Waals surface area (Å²) in [6.45, 7) is 2.58. The lowest BCUT2D eigenvalue weighted by atomic mass is 10.2. The zero-order chi connectivity index (χ0) is 14.8. The van der Waals surface area contributed by atoms with E-state index in [9.17, 15) is 4.79 Å². The lowest BCUT2D eigenvalue weighted by Crippen LogP contribution is -2.27. The van der Waals surface area contributed by atoms with E-state index in [1.54, 1.807) is 0 Å². The number of aromatic nitrogens is 1. The molecule has 0 aliphatic heterocycles. The van der Waals surface area contributed by atoms with Crippen molar-refractivity contribution in [3.05, 3.63) is 23.0 Å². The van der Waals surface area contributed by atoms with Crippen LogP contribution in [-0.4, -0.2) is 29.3 Å². The van der Waals surface area contributed by atoms with Gasteiger partial charge in [-0.05, 0) is 12.8 Å². The fourth-order valence-electron chi connectivity index (χ4n) is 1.28. The number of pyridine rings is 1. The number of amides is 1. The average molecular weight is 297 g/mol. The summed E-state index contributed by atoms with van der Waals surface area (Å²) >= 11 is 5.78. The van der Waals surface area contributed by atoms with Crippen molar-refractivity contribution in [1.29, 1.82) is 0 Å². The van der Waals surface area contributed by atoms with Gasteiger partial charge in [0, 0.05) is 31.8 Å². The number of nitrogens with one attached hydrogen (secondary N) is 1. The first-order chi connectivity index (χ1) is 9.67. The largest absolute Gasteiger partial charge is 0.412 e. The van der Waals surface area contributed by atoms with Crippen LogP contribution >= 0.6 is 11.6 Å². The molecule has 1 heterocycles. The van der Waals surface area contributed by atoms with Gasteiger partial charge in [-0.2, -0.15) is 0 Å². The minimum absolute atomic E-state index is 0.0936. The van der Waals surface area contributed by atoms with Crippen molar-refractivity contribution in [3.63, 3.8) is 0 Å². The van der Waals surface area contributed by atoms with Gasteiger partial charge in [0.25, 0.3) is 0 Å². The van der Waals surface area contributed by atoms with Gasteiger partial charge in [-0.1, -0.05) is 30.4 Å². The van der Waals surface area contributed by atoms with Crippen LogP contribution in [0.3, 0.4) is 0 Å². The zero-order valence-corrected chi connectivity index (χ0v) is 12.0. The van der Waals surface area contributed by atoms with E-state index >= 15 is 0 Å². The number of aliphatic hydroxyl groups excluding tert-OH is 1. The van der Waals surface area contributed by atoms with Crippen LogP contribution in [0.1, 0.15) is 31.7 Å². The first-order valence-corrected chi connectivity index (χ1v) is 6.76. The fourth-order valence-corrected chi connectivity index (χ4v) is 1.43. The Hall–Kier alpha value is -1.77. The minimum Gasteiger partial charge on any atom is -0.409 e. The molecule has 1 aromatic rings. The maximum Gasteiger partial charge on any atom is 0.412 e. The first kappa shape index (κ1) is 16.3. The highest BCUT2D eigenvalue weighted by atomic mass is 35.5. The zero-order valence-electron chi connectivity index (χ0n) is 11.3. The Labute approximate surface area is 123 Å². The summed E-state index contributed by atoms with van der Waals surface area (Å²) in [4.78, 5) is 15.4. The second-order valence-corrected chi connectivity index (χ2v) is 4.34. The lowest BCUT2D eigenvalue weighted by molar-refractivity contribution is 0.200. The van der Waals surface area contributed by atoms with Crippen molar-refractivity contribution < 1.29 is 14.6 Å². The summed E-state index contributed by atoms with van der Waals surface area (Å²) < 4.78 is 5.16. The van der Waals surface area contributed by atoms with Crippen molar-refractivity contribution in [2.45, 2.75) is 26.2 Å². The second-order valence-electron chi connectivity index (χ2n) is 3.95. The summed E-state index contributed by atoms with van der Waals surface area (Å²) in [7, 11) is 0. The van der Waals surface area contributed by atoms with Gasteiger partial charge < -0.3 is 15.2 Å². The molecule has 0 aliphatic carbocycles. The molecule has 0 aliphatic rings. The molecule has 0 fully saturated rings. The van der Waals surface area contributed by atoms with Crippen LogP contribution in [0.15, 0.2) is 12.3 Å². The number of hydrogen-bond acceptors (Lipinski definition) is 4. The number of carbonyl (C=O) groups excluding carboxylic acids is 1. The molecule has 0 saturated carbocycles. The quantitative estimate of drug-likeness (QED) is 0.497. The molecule has 0 bridgehead atoms. The Morgan fingerprint density at radius 2 is 2.40 bits per heavy atom. The molecule has 108 valence electrons. The second kappa shape index (κ2) is 9.18. The molecule has 0 aromatic carbocycles. The van der Waals surface area contributed by atoms with Gasteiger partial charge in [0.05, 0.1) is 5.56 Å². The molecular formula is C14H17ClN2O3. The number of nitrogens with zero attached hydrogens (tertiary/aromatic N) is 1. The van der Waals surface area contributed by atoms with E-state index < -0.39 is 6.09 Å². The van der Waals surface area contributed by atoms with Gasteiger partial charge in [0.2, 0.25) is 0 Å². The molecule has 0 atom stereocenters. The highest BCUT2D eigenvalue weighted by molar-refractivity contribution is 6.29. The van der Waals surface area contributed by atoms with E-state index in [-0.39, 0.29) is 17.5 Å². The number of halogens is 1. The van der Waals surface area contributed by atoms with Crippen molar-refractivity contribution in [3.8, 4) is 17.6 Å². The summed E-state index contributed by atoms with van der Waals surface area (Å²) in [5.41, 5.74) is 0.485. The van der Waals surface area contributed by atoms with E-state index in [1.807, 2.05) is 6.92 Å². The van der Waals surface area contributed by atoms with Crippen molar-refractivity contribution in [1.82, 2.24) is 10.3 Å². The van der Waals surface area contributed by atoms with E-state index in [0.29, 0.717) is 24.9 Å². The van der Waals surface area contributed by atoms with Crippen LogP contribution in [0.2, 0.25) is 5.15 Å². The van der Waals surface area contributed by atoms with Crippen molar-refractivity contribution in [2.24, 2.45) is 0 Å². The van der Waals surface area contributed by atoms with Gasteiger partial charge in [-0.3, -0.25) is 0 Å². The van der Waals surface area contributed by atoms with Crippen LogP contribution in [0.25, 0.3) is 0 Å². The Morgan fingerprint density at radius 3 is 3.10 bits per heavy atom. The summed E-state index contributed by atoms with van der Waals surface area (Å²) in [5.74, 6) is 6.00. The topological polar surface area (TPSA) is 71.5 Å². The number of aliphatic hydroxyl groups is 1. The summed E-state index contributed by atoms with van der Waals surface area (Å²) in [6.07, 6.45) is 2.88. The maximum atomic E-state index is 11.5. The average Bonchev–Trinajstić information content (AvgIpc) is 2.43. The third kappa shape index (κ3) is 5.91. The SMILES string of the molecule is CCCNC(=O)Oc1cc(Cl)ncc1C#CCCCO. The van der Waals surface area contributed by atoms with Crippen LogP contribution in [0.4, 0.5) is 4.79 Å². The van der Waals surface area contributed by atoms with Gasteiger partial charge in [-0.15, -0.1) is 0 Å². The van der Waals surface area contributed by atoms with E-state index in [4.69, 9.17) is 21.4 Å². The maximum absolute atomic E-state index is 11.5. The predicted molar refractivity (Wildman–Crippen MR) is 76.8 cm³/mol. The number of carbonyl (C=O) groups is 1. The molecule has 0 unspecified atom stereocenters. The predicted octanol–water partition coefficient (Wildman–Crippen LogP) is 2.36.